The van der Waals surface area contributed by atoms with Crippen LogP contribution in [0.15, 0.2) is 48.6 Å². The summed E-state index contributed by atoms with van der Waals surface area (Å²) in [6.45, 7) is 4.29. The quantitative estimate of drug-likeness (QED) is 0.0213. The van der Waals surface area contributed by atoms with Crippen LogP contribution in [0.25, 0.3) is 0 Å². The summed E-state index contributed by atoms with van der Waals surface area (Å²) in [4.78, 5) is 35.4. The van der Waals surface area contributed by atoms with E-state index in [1.54, 1.807) is 0 Å². The van der Waals surface area contributed by atoms with Crippen molar-refractivity contribution in [2.75, 3.05) is 47.5 Å². The number of unbranched alkanes of at least 4 members (excludes halogenated alkanes) is 20. The van der Waals surface area contributed by atoms with Crippen LogP contribution in [0.2, 0.25) is 0 Å². The predicted octanol–water partition coefficient (Wildman–Crippen LogP) is 13.5. The van der Waals surface area contributed by atoms with Crippen molar-refractivity contribution in [3.05, 3.63) is 48.6 Å². The van der Waals surface area contributed by atoms with Crippen LogP contribution in [0.3, 0.4) is 0 Å². The minimum absolute atomic E-state index is 0.0261. The summed E-state index contributed by atoms with van der Waals surface area (Å²) in [6.07, 6.45) is 47.3. The Hall–Kier alpha value is -2.03. The molecular formula is C48H89NO8P+. The maximum absolute atomic E-state index is 12.7. The Morgan fingerprint density at radius 1 is 0.552 bits per heavy atom. The molecule has 2 atom stereocenters. The zero-order valence-corrected chi connectivity index (χ0v) is 38.9. The van der Waals surface area contributed by atoms with Crippen LogP contribution in [0.5, 0.6) is 0 Å². The van der Waals surface area contributed by atoms with Crippen molar-refractivity contribution in [2.45, 2.75) is 200 Å². The first-order chi connectivity index (χ1) is 28.0. The highest BCUT2D eigenvalue weighted by Crippen LogP contribution is 2.43. The molecular weight excluding hydrogens is 750 g/mol. The molecule has 1 unspecified atom stereocenters. The third kappa shape index (κ3) is 43.5. The topological polar surface area (TPSA) is 108 Å². The molecule has 0 aromatic heterocycles. The van der Waals surface area contributed by atoms with Gasteiger partial charge in [0.25, 0.3) is 0 Å². The first-order valence-corrected chi connectivity index (χ1v) is 24.9. The molecule has 0 spiro atoms. The Balaban J connectivity index is 4.35. The minimum atomic E-state index is -4.38. The van der Waals surface area contributed by atoms with Crippen molar-refractivity contribution in [3.63, 3.8) is 0 Å². The highest BCUT2D eigenvalue weighted by Gasteiger charge is 2.27. The van der Waals surface area contributed by atoms with Crippen LogP contribution < -0.4 is 0 Å². The molecule has 0 fully saturated rings. The van der Waals surface area contributed by atoms with Crippen molar-refractivity contribution in [3.8, 4) is 0 Å². The number of phosphoric acid groups is 1. The summed E-state index contributed by atoms with van der Waals surface area (Å²) < 4.78 is 34.3. The van der Waals surface area contributed by atoms with Gasteiger partial charge in [-0.25, -0.2) is 4.57 Å². The van der Waals surface area contributed by atoms with Gasteiger partial charge in [0.05, 0.1) is 27.7 Å². The molecule has 0 aromatic carbocycles. The number of carbonyl (C=O) groups is 2. The third-order valence-corrected chi connectivity index (χ3v) is 10.9. The largest absolute Gasteiger partial charge is 0.472 e. The number of allylic oxidation sites excluding steroid dienone is 8. The van der Waals surface area contributed by atoms with Gasteiger partial charge in [0.15, 0.2) is 6.10 Å². The first kappa shape index (κ1) is 56.0. The van der Waals surface area contributed by atoms with E-state index in [1.807, 2.05) is 21.1 Å². The Kier molecular flexibility index (Phi) is 39.0. The summed E-state index contributed by atoms with van der Waals surface area (Å²) >= 11 is 0. The van der Waals surface area contributed by atoms with Gasteiger partial charge in [0, 0.05) is 12.8 Å². The Morgan fingerprint density at radius 3 is 1.47 bits per heavy atom. The highest BCUT2D eigenvalue weighted by atomic mass is 31.2. The van der Waals surface area contributed by atoms with Gasteiger partial charge >= 0.3 is 19.8 Å². The van der Waals surface area contributed by atoms with E-state index in [9.17, 15) is 19.0 Å². The monoisotopic (exact) mass is 839 g/mol. The molecule has 0 saturated carbocycles. The number of hydrogen-bond donors (Lipinski definition) is 1. The maximum atomic E-state index is 12.7. The fourth-order valence-corrected chi connectivity index (χ4v) is 6.98. The molecule has 0 amide bonds. The second-order valence-corrected chi connectivity index (χ2v) is 18.2. The van der Waals surface area contributed by atoms with Gasteiger partial charge in [-0.15, -0.1) is 0 Å². The molecule has 0 aliphatic rings. The lowest BCUT2D eigenvalue weighted by molar-refractivity contribution is -0.870. The number of esters is 2. The summed E-state index contributed by atoms with van der Waals surface area (Å²) in [7, 11) is 1.46. The Labute approximate surface area is 356 Å². The third-order valence-electron chi connectivity index (χ3n) is 9.87. The lowest BCUT2D eigenvalue weighted by Gasteiger charge is -2.24. The van der Waals surface area contributed by atoms with Crippen LogP contribution in [0.4, 0.5) is 0 Å². The molecule has 58 heavy (non-hydrogen) atoms. The summed E-state index contributed by atoms with van der Waals surface area (Å²) in [6, 6.07) is 0. The van der Waals surface area contributed by atoms with Gasteiger partial charge in [-0.1, -0.05) is 178 Å². The van der Waals surface area contributed by atoms with Crippen molar-refractivity contribution < 1.29 is 42.1 Å². The summed E-state index contributed by atoms with van der Waals surface area (Å²) in [5.41, 5.74) is 0. The van der Waals surface area contributed by atoms with Crippen molar-refractivity contribution in [2.24, 2.45) is 0 Å². The standard InChI is InChI=1S/C48H88NO8P/c1-6-8-10-12-14-16-18-20-22-24-26-28-30-32-34-36-38-40-47(50)54-44-46(45-56-58(52,53)55-43-42-49(3,4)5)57-48(51)41-39-37-35-33-31-29-27-25-23-21-19-17-15-13-11-9-7-2/h9,11,15,17,21,23,27,29,46H,6-8,10,12-14,16,18-20,22,24-26,28,30-45H2,1-5H3/p+1/b11-9-,17-15-,23-21-,29-27-/t46-/m1/s1. The van der Waals surface area contributed by atoms with E-state index in [-0.39, 0.29) is 32.0 Å². The highest BCUT2D eigenvalue weighted by molar-refractivity contribution is 7.47. The zero-order chi connectivity index (χ0) is 42.8. The molecule has 0 aromatic rings. The molecule has 0 aliphatic heterocycles. The van der Waals surface area contributed by atoms with Crippen LogP contribution in [0.1, 0.15) is 194 Å². The number of phosphoric ester groups is 1. The Morgan fingerprint density at radius 2 is 0.983 bits per heavy atom. The fraction of sp³-hybridized carbons (Fsp3) is 0.792. The normalized spacial score (nSPS) is 14.0. The van der Waals surface area contributed by atoms with E-state index >= 15 is 0 Å². The van der Waals surface area contributed by atoms with Gasteiger partial charge in [-0.05, 0) is 51.4 Å². The van der Waals surface area contributed by atoms with Crippen molar-refractivity contribution in [1.29, 1.82) is 0 Å². The minimum Gasteiger partial charge on any atom is -0.462 e. The molecule has 0 bridgehead atoms. The number of nitrogens with zero attached hydrogens (tertiary/aromatic N) is 1. The molecule has 338 valence electrons. The number of ether oxygens (including phenoxy) is 2. The molecule has 0 heterocycles. The first-order valence-electron chi connectivity index (χ1n) is 23.4. The predicted molar refractivity (Wildman–Crippen MR) is 243 cm³/mol. The second kappa shape index (κ2) is 40.4. The smallest absolute Gasteiger partial charge is 0.462 e. The number of hydrogen-bond acceptors (Lipinski definition) is 7. The lowest BCUT2D eigenvalue weighted by Crippen LogP contribution is -2.37. The van der Waals surface area contributed by atoms with Crippen LogP contribution >= 0.6 is 7.82 Å². The van der Waals surface area contributed by atoms with Gasteiger partial charge in [0.2, 0.25) is 0 Å². The van der Waals surface area contributed by atoms with Crippen LogP contribution in [-0.2, 0) is 32.7 Å². The van der Waals surface area contributed by atoms with Crippen LogP contribution in [-0.4, -0.2) is 74.9 Å². The lowest BCUT2D eigenvalue weighted by atomic mass is 10.0. The molecule has 0 aliphatic carbocycles. The molecule has 0 rings (SSSR count). The number of quaternary nitrogens is 1. The van der Waals surface area contributed by atoms with E-state index in [0.717, 1.165) is 70.6 Å². The zero-order valence-electron chi connectivity index (χ0n) is 38.0. The van der Waals surface area contributed by atoms with E-state index < -0.39 is 26.5 Å². The summed E-state index contributed by atoms with van der Waals surface area (Å²) in [5, 5.41) is 0. The van der Waals surface area contributed by atoms with Crippen LogP contribution in [0, 0.1) is 0 Å². The summed E-state index contributed by atoms with van der Waals surface area (Å²) in [5.74, 6) is -0.822. The molecule has 10 heteroatoms. The second-order valence-electron chi connectivity index (χ2n) is 16.8. The van der Waals surface area contributed by atoms with Gasteiger partial charge < -0.3 is 18.9 Å². The van der Waals surface area contributed by atoms with Gasteiger partial charge in [0.1, 0.15) is 19.8 Å². The average Bonchev–Trinajstić information content (AvgIpc) is 3.17. The van der Waals surface area contributed by atoms with E-state index in [0.29, 0.717) is 17.4 Å². The molecule has 0 saturated heterocycles. The van der Waals surface area contributed by atoms with E-state index in [2.05, 4.69) is 62.5 Å². The fourth-order valence-electron chi connectivity index (χ4n) is 6.24. The van der Waals surface area contributed by atoms with Gasteiger partial charge in [-0.3, -0.25) is 18.6 Å². The van der Waals surface area contributed by atoms with Crippen molar-refractivity contribution in [1.82, 2.24) is 0 Å². The Bertz CT molecular complexity index is 1130. The van der Waals surface area contributed by atoms with E-state index in [1.165, 1.54) is 89.9 Å². The van der Waals surface area contributed by atoms with Gasteiger partial charge in [-0.2, -0.15) is 0 Å². The number of carbonyl (C=O) groups excluding carboxylic acids is 2. The maximum Gasteiger partial charge on any atom is 0.472 e. The number of likely N-dealkylation sites (N-methyl/N-ethyl adjacent to an activating group) is 1. The average molecular weight is 839 g/mol. The van der Waals surface area contributed by atoms with E-state index in [4.69, 9.17) is 18.5 Å². The number of rotatable bonds is 42. The SMILES string of the molecule is CC/C=C\C/C=C\C/C=C\C/C=C\CCCCCCC(=O)O[C@H](COC(=O)CCCCCCCCCCCCCCCCCCC)COP(=O)(O)OCC[N+](C)(C)C. The molecule has 0 radical (unpaired) electrons. The molecule has 1 N–H and O–H groups in total. The molecule has 9 nitrogen and oxygen atoms in total. The van der Waals surface area contributed by atoms with Crippen molar-refractivity contribution >= 4 is 19.8 Å².